The van der Waals surface area contributed by atoms with E-state index in [1.807, 2.05) is 0 Å². The van der Waals surface area contributed by atoms with Crippen molar-refractivity contribution in [2.45, 2.75) is 44.8 Å². The van der Waals surface area contributed by atoms with E-state index >= 15 is 0 Å². The van der Waals surface area contributed by atoms with Crippen molar-refractivity contribution >= 4 is 0 Å². The summed E-state index contributed by atoms with van der Waals surface area (Å²) < 4.78 is 5.50. The van der Waals surface area contributed by atoms with Crippen LogP contribution in [0.1, 0.15) is 32.6 Å². The molecule has 0 atom stereocenters. The van der Waals surface area contributed by atoms with Crippen LogP contribution in [0.4, 0.5) is 0 Å². The van der Waals surface area contributed by atoms with E-state index < -0.39 is 0 Å². The Kier molecular flexibility index (Phi) is 2.66. The molecule has 1 N–H and O–H groups in total. The highest BCUT2D eigenvalue weighted by Crippen LogP contribution is 2.30. The second kappa shape index (κ2) is 3.75. The maximum Gasteiger partial charge on any atom is 0.0581 e. The molecule has 2 aliphatic carbocycles. The zero-order valence-corrected chi connectivity index (χ0v) is 7.88. The molecule has 0 aromatic carbocycles. The van der Waals surface area contributed by atoms with Crippen molar-refractivity contribution in [1.29, 1.82) is 0 Å². The molecule has 2 fully saturated rings. The highest BCUT2D eigenvalue weighted by Gasteiger charge is 2.30. The summed E-state index contributed by atoms with van der Waals surface area (Å²) in [5.41, 5.74) is 0. The van der Waals surface area contributed by atoms with Gasteiger partial charge < -0.3 is 10.1 Å². The molecular weight excluding hydrogens is 150 g/mol. The first-order valence-electron chi connectivity index (χ1n) is 5.23. The molecule has 2 heteroatoms. The summed E-state index contributed by atoms with van der Waals surface area (Å²) >= 11 is 0. The molecule has 0 saturated heterocycles. The van der Waals surface area contributed by atoms with Gasteiger partial charge in [-0.05, 0) is 45.1 Å². The van der Waals surface area contributed by atoms with Crippen molar-refractivity contribution in [2.75, 3.05) is 13.2 Å². The van der Waals surface area contributed by atoms with E-state index in [1.165, 1.54) is 32.2 Å². The Labute approximate surface area is 74.7 Å². The fourth-order valence-corrected chi connectivity index (χ4v) is 1.83. The molecule has 2 saturated carbocycles. The Balaban J connectivity index is 1.49. The van der Waals surface area contributed by atoms with Gasteiger partial charge in [0.2, 0.25) is 0 Å². The van der Waals surface area contributed by atoms with E-state index in [4.69, 9.17) is 4.74 Å². The first-order chi connectivity index (χ1) is 5.88. The molecule has 70 valence electrons. The van der Waals surface area contributed by atoms with E-state index in [-0.39, 0.29) is 0 Å². The quantitative estimate of drug-likeness (QED) is 0.674. The molecule has 2 rings (SSSR count). The lowest BCUT2D eigenvalue weighted by molar-refractivity contribution is -0.0238. The number of ether oxygens (including phenoxy) is 1. The summed E-state index contributed by atoms with van der Waals surface area (Å²) in [4.78, 5) is 0. The Morgan fingerprint density at radius 3 is 2.67 bits per heavy atom. The summed E-state index contributed by atoms with van der Waals surface area (Å²) in [6, 6.07) is 0.871. The van der Waals surface area contributed by atoms with Crippen molar-refractivity contribution in [3.05, 3.63) is 0 Å². The van der Waals surface area contributed by atoms with Gasteiger partial charge in [0.15, 0.2) is 0 Å². The third kappa shape index (κ3) is 2.20. The largest absolute Gasteiger partial charge is 0.378 e. The van der Waals surface area contributed by atoms with Gasteiger partial charge in [0.1, 0.15) is 0 Å². The van der Waals surface area contributed by atoms with Crippen LogP contribution in [0, 0.1) is 5.92 Å². The molecule has 2 nitrogen and oxygen atoms in total. The van der Waals surface area contributed by atoms with E-state index in [0.717, 1.165) is 18.6 Å². The molecule has 0 bridgehead atoms. The second-order valence-electron chi connectivity index (χ2n) is 4.10. The second-order valence-corrected chi connectivity index (χ2v) is 4.10. The number of nitrogens with one attached hydrogen (secondary N) is 1. The maximum atomic E-state index is 5.50. The highest BCUT2D eigenvalue weighted by molar-refractivity contribution is 4.86. The van der Waals surface area contributed by atoms with Gasteiger partial charge >= 0.3 is 0 Å². The minimum atomic E-state index is 0.584. The van der Waals surface area contributed by atoms with Crippen LogP contribution in [-0.4, -0.2) is 25.3 Å². The zero-order valence-electron chi connectivity index (χ0n) is 7.88. The van der Waals surface area contributed by atoms with Crippen LogP contribution in [-0.2, 0) is 4.74 Å². The third-order valence-corrected chi connectivity index (χ3v) is 2.87. The Bertz CT molecular complexity index is 139. The van der Waals surface area contributed by atoms with Crippen molar-refractivity contribution in [2.24, 2.45) is 5.92 Å². The van der Waals surface area contributed by atoms with E-state index in [0.29, 0.717) is 6.10 Å². The van der Waals surface area contributed by atoms with Gasteiger partial charge in [0.25, 0.3) is 0 Å². The number of hydrogen-bond acceptors (Lipinski definition) is 2. The molecule has 0 amide bonds. The van der Waals surface area contributed by atoms with Crippen LogP contribution in [0.25, 0.3) is 0 Å². The van der Waals surface area contributed by atoms with Gasteiger partial charge in [-0.25, -0.2) is 0 Å². The van der Waals surface area contributed by atoms with Crippen molar-refractivity contribution in [1.82, 2.24) is 5.32 Å². The third-order valence-electron chi connectivity index (χ3n) is 2.87. The van der Waals surface area contributed by atoms with Crippen molar-refractivity contribution in [3.8, 4) is 0 Å². The molecule has 0 unspecified atom stereocenters. The Morgan fingerprint density at radius 1 is 1.33 bits per heavy atom. The zero-order chi connectivity index (χ0) is 8.39. The van der Waals surface area contributed by atoms with Crippen LogP contribution < -0.4 is 5.32 Å². The predicted octanol–water partition coefficient (Wildman–Crippen LogP) is 1.55. The maximum absolute atomic E-state index is 5.50. The SMILES string of the molecule is CCOC1CC(CNC2CC2)C1. The van der Waals surface area contributed by atoms with Gasteiger partial charge in [0, 0.05) is 12.6 Å². The molecule has 0 aromatic heterocycles. The van der Waals surface area contributed by atoms with Crippen LogP contribution in [0.5, 0.6) is 0 Å². The van der Waals surface area contributed by atoms with Gasteiger partial charge in [-0.2, -0.15) is 0 Å². The lowest BCUT2D eigenvalue weighted by Crippen LogP contribution is -2.38. The Hall–Kier alpha value is -0.0800. The first kappa shape index (κ1) is 8.52. The molecule has 12 heavy (non-hydrogen) atoms. The van der Waals surface area contributed by atoms with Crippen molar-refractivity contribution < 1.29 is 4.74 Å². The lowest BCUT2D eigenvalue weighted by Gasteiger charge is -2.35. The highest BCUT2D eigenvalue weighted by atomic mass is 16.5. The average Bonchev–Trinajstić information content (AvgIpc) is 2.76. The van der Waals surface area contributed by atoms with Gasteiger partial charge in [-0.3, -0.25) is 0 Å². The molecule has 0 heterocycles. The summed E-state index contributed by atoms with van der Waals surface area (Å²) in [6.07, 6.45) is 5.96. The van der Waals surface area contributed by atoms with E-state index in [1.54, 1.807) is 0 Å². The van der Waals surface area contributed by atoms with Gasteiger partial charge in [0.05, 0.1) is 6.10 Å². The smallest absolute Gasteiger partial charge is 0.0581 e. The normalized spacial score (nSPS) is 34.8. The number of rotatable bonds is 5. The molecule has 0 aliphatic heterocycles. The monoisotopic (exact) mass is 169 g/mol. The molecular formula is C10H19NO. The fourth-order valence-electron chi connectivity index (χ4n) is 1.83. The molecule has 0 aromatic rings. The lowest BCUT2D eigenvalue weighted by atomic mass is 9.82. The van der Waals surface area contributed by atoms with E-state index in [2.05, 4.69) is 12.2 Å². The number of hydrogen-bond donors (Lipinski definition) is 1. The summed E-state index contributed by atoms with van der Waals surface area (Å²) in [5, 5.41) is 3.57. The van der Waals surface area contributed by atoms with Gasteiger partial charge in [-0.1, -0.05) is 0 Å². The minimum absolute atomic E-state index is 0.584. The predicted molar refractivity (Wildman–Crippen MR) is 49.2 cm³/mol. The average molecular weight is 169 g/mol. The van der Waals surface area contributed by atoms with Crippen LogP contribution in [0.15, 0.2) is 0 Å². The standard InChI is InChI=1S/C10H19NO/c1-2-12-10-5-8(6-10)7-11-9-3-4-9/h8-11H,2-7H2,1H3. The van der Waals surface area contributed by atoms with Crippen LogP contribution >= 0.6 is 0 Å². The summed E-state index contributed by atoms with van der Waals surface area (Å²) in [7, 11) is 0. The summed E-state index contributed by atoms with van der Waals surface area (Å²) in [6.45, 7) is 4.19. The topological polar surface area (TPSA) is 21.3 Å². The van der Waals surface area contributed by atoms with E-state index in [9.17, 15) is 0 Å². The Morgan fingerprint density at radius 2 is 2.08 bits per heavy atom. The molecule has 0 spiro atoms. The van der Waals surface area contributed by atoms with Gasteiger partial charge in [-0.15, -0.1) is 0 Å². The summed E-state index contributed by atoms with van der Waals surface area (Å²) in [5.74, 6) is 0.905. The van der Waals surface area contributed by atoms with Crippen molar-refractivity contribution in [3.63, 3.8) is 0 Å². The first-order valence-corrected chi connectivity index (χ1v) is 5.23. The van der Waals surface area contributed by atoms with Crippen LogP contribution in [0.2, 0.25) is 0 Å². The fraction of sp³-hybridized carbons (Fsp3) is 1.00. The molecule has 0 radical (unpaired) electrons. The molecule has 2 aliphatic rings. The minimum Gasteiger partial charge on any atom is -0.378 e. The van der Waals surface area contributed by atoms with Crippen LogP contribution in [0.3, 0.4) is 0 Å².